The monoisotopic (exact) mass is 420 g/mol. The van der Waals surface area contributed by atoms with Crippen molar-refractivity contribution in [1.29, 1.82) is 0 Å². The van der Waals surface area contributed by atoms with Crippen molar-refractivity contribution in [2.75, 3.05) is 12.4 Å². The van der Waals surface area contributed by atoms with Gasteiger partial charge in [0.1, 0.15) is 5.78 Å². The molecule has 4 nitrogen and oxygen atoms in total. The van der Waals surface area contributed by atoms with E-state index in [-0.39, 0.29) is 24.1 Å². The van der Waals surface area contributed by atoms with E-state index in [4.69, 9.17) is 10.2 Å². The normalized spacial score (nSPS) is 13.6. The molecule has 0 aromatic rings. The van der Waals surface area contributed by atoms with Crippen LogP contribution in [0.2, 0.25) is 0 Å². The molecule has 1 atom stereocenters. The molecule has 0 saturated heterocycles. The third-order valence-electron chi connectivity index (χ3n) is 3.79. The predicted octanol–water partition coefficient (Wildman–Crippen LogP) is 5.66. The van der Waals surface area contributed by atoms with E-state index in [0.717, 1.165) is 25.7 Å². The Morgan fingerprint density at radius 1 is 0.897 bits per heavy atom. The van der Waals surface area contributed by atoms with Gasteiger partial charge >= 0.3 is 5.97 Å². The first kappa shape index (κ1) is 27.1. The number of aliphatic hydroxyl groups is 1. The second-order valence-corrected chi connectivity index (χ2v) is 7.79. The summed E-state index contributed by atoms with van der Waals surface area (Å²) in [4.78, 5) is 22.6. The minimum Gasteiger partial charge on any atom is -0.481 e. The van der Waals surface area contributed by atoms with E-state index in [2.05, 4.69) is 31.2 Å². The molecule has 5 heteroatoms. The van der Waals surface area contributed by atoms with Crippen LogP contribution in [0.5, 0.6) is 0 Å². The number of hydrogen-bond donors (Lipinski definition) is 2. The lowest BCUT2D eigenvalue weighted by Crippen LogP contribution is -2.09. The summed E-state index contributed by atoms with van der Waals surface area (Å²) in [5.74, 6) is 0.0671. The Bertz CT molecular complexity index is 573. The first-order chi connectivity index (χ1) is 14.1. The van der Waals surface area contributed by atoms with Gasteiger partial charge in [0.15, 0.2) is 0 Å². The van der Waals surface area contributed by atoms with Crippen molar-refractivity contribution in [3.05, 3.63) is 60.8 Å². The zero-order valence-corrected chi connectivity index (χ0v) is 18.4. The topological polar surface area (TPSA) is 74.6 Å². The SMILES string of the molecule is CC/C=C\C/C=C\C(CC(=O)C/C=C\C/C=C\C/C=C\CCC(=O)O)SCCO. The number of thioether (sulfide) groups is 1. The van der Waals surface area contributed by atoms with E-state index >= 15 is 0 Å². The predicted molar refractivity (Wildman–Crippen MR) is 124 cm³/mol. The molecule has 29 heavy (non-hydrogen) atoms. The van der Waals surface area contributed by atoms with Gasteiger partial charge in [0, 0.05) is 30.3 Å². The van der Waals surface area contributed by atoms with Crippen molar-refractivity contribution < 1.29 is 19.8 Å². The van der Waals surface area contributed by atoms with Gasteiger partial charge < -0.3 is 10.2 Å². The van der Waals surface area contributed by atoms with Crippen molar-refractivity contribution >= 4 is 23.5 Å². The summed E-state index contributed by atoms with van der Waals surface area (Å²) in [6, 6.07) is 0. The maximum Gasteiger partial charge on any atom is 0.303 e. The summed E-state index contributed by atoms with van der Waals surface area (Å²) < 4.78 is 0. The molecule has 0 aliphatic carbocycles. The highest BCUT2D eigenvalue weighted by atomic mass is 32.2. The Morgan fingerprint density at radius 2 is 1.52 bits per heavy atom. The molecule has 0 aromatic heterocycles. The van der Waals surface area contributed by atoms with Crippen molar-refractivity contribution in [3.8, 4) is 0 Å². The van der Waals surface area contributed by atoms with E-state index in [9.17, 15) is 9.59 Å². The van der Waals surface area contributed by atoms with Crippen LogP contribution in [-0.2, 0) is 9.59 Å². The summed E-state index contributed by atoms with van der Waals surface area (Å²) in [5.41, 5.74) is 0. The molecule has 0 spiro atoms. The molecule has 1 unspecified atom stereocenters. The van der Waals surface area contributed by atoms with Crippen molar-refractivity contribution in [3.63, 3.8) is 0 Å². The zero-order chi connectivity index (χ0) is 21.6. The molecule has 0 rings (SSSR count). The summed E-state index contributed by atoms with van der Waals surface area (Å²) in [5, 5.41) is 17.7. The summed E-state index contributed by atoms with van der Waals surface area (Å²) in [6.45, 7) is 2.23. The molecule has 0 radical (unpaired) electrons. The van der Waals surface area contributed by atoms with Crippen LogP contribution in [0.1, 0.15) is 58.3 Å². The smallest absolute Gasteiger partial charge is 0.303 e. The average molecular weight is 421 g/mol. The maximum atomic E-state index is 12.2. The Hall–Kier alpha value is -1.85. The number of carboxylic acids is 1. The fraction of sp³-hybridized carbons (Fsp3) is 0.500. The lowest BCUT2D eigenvalue weighted by Gasteiger charge is -2.10. The van der Waals surface area contributed by atoms with Gasteiger partial charge in [-0.05, 0) is 32.1 Å². The van der Waals surface area contributed by atoms with Gasteiger partial charge in [0.2, 0.25) is 0 Å². The van der Waals surface area contributed by atoms with Gasteiger partial charge in [-0.3, -0.25) is 9.59 Å². The second-order valence-electron chi connectivity index (χ2n) is 6.44. The van der Waals surface area contributed by atoms with Gasteiger partial charge in [-0.25, -0.2) is 0 Å². The van der Waals surface area contributed by atoms with E-state index < -0.39 is 5.97 Å². The van der Waals surface area contributed by atoms with Crippen LogP contribution < -0.4 is 0 Å². The third kappa shape index (κ3) is 20.7. The number of aliphatic hydroxyl groups excluding tert-OH is 1. The number of aliphatic carboxylic acids is 1. The lowest BCUT2D eigenvalue weighted by atomic mass is 10.1. The number of carboxylic acid groups (broad SMARTS) is 1. The van der Waals surface area contributed by atoms with Crippen LogP contribution >= 0.6 is 11.8 Å². The quantitative estimate of drug-likeness (QED) is 0.280. The first-order valence-corrected chi connectivity index (χ1v) is 11.4. The summed E-state index contributed by atoms with van der Waals surface area (Å²) in [7, 11) is 0. The van der Waals surface area contributed by atoms with Gasteiger partial charge in [0.05, 0.1) is 6.61 Å². The minimum atomic E-state index is -0.775. The standard InChI is InChI=1S/C24H36O4S/c1-2-3-4-10-14-17-23(29-20-19-25)21-22(26)16-13-11-8-6-5-7-9-12-15-18-24(27)28/h3-6,9,11-14,17,23,25H,2,7-8,10,15-16,18-21H2,1H3,(H,27,28)/b4-3-,6-5-,12-9-,13-11-,17-14-. The largest absolute Gasteiger partial charge is 0.481 e. The van der Waals surface area contributed by atoms with Gasteiger partial charge in [0.25, 0.3) is 0 Å². The van der Waals surface area contributed by atoms with Crippen LogP contribution in [0, 0.1) is 0 Å². The molecule has 2 N–H and O–H groups in total. The molecule has 162 valence electrons. The van der Waals surface area contributed by atoms with Crippen molar-refractivity contribution in [2.45, 2.75) is 63.5 Å². The van der Waals surface area contributed by atoms with E-state index in [1.165, 1.54) is 0 Å². The van der Waals surface area contributed by atoms with Gasteiger partial charge in [-0.1, -0.05) is 67.7 Å². The lowest BCUT2D eigenvalue weighted by molar-refractivity contribution is -0.136. The number of carbonyl (C=O) groups is 2. The van der Waals surface area contributed by atoms with Crippen LogP contribution in [0.15, 0.2) is 60.8 Å². The van der Waals surface area contributed by atoms with Crippen molar-refractivity contribution in [1.82, 2.24) is 0 Å². The number of Topliss-reactive ketones (excluding diaryl/α,β-unsaturated/α-hetero) is 1. The highest BCUT2D eigenvalue weighted by Gasteiger charge is 2.10. The molecule has 0 aliphatic rings. The van der Waals surface area contributed by atoms with E-state index in [0.29, 0.717) is 25.0 Å². The molecule has 0 amide bonds. The van der Waals surface area contributed by atoms with Crippen molar-refractivity contribution in [2.24, 2.45) is 0 Å². The highest BCUT2D eigenvalue weighted by Crippen LogP contribution is 2.17. The maximum absolute atomic E-state index is 12.2. The molecule has 0 bridgehead atoms. The average Bonchev–Trinajstić information content (AvgIpc) is 2.69. The van der Waals surface area contributed by atoms with Crippen LogP contribution in [0.25, 0.3) is 0 Å². The fourth-order valence-electron chi connectivity index (χ4n) is 2.35. The van der Waals surface area contributed by atoms with Gasteiger partial charge in [-0.15, -0.1) is 0 Å². The van der Waals surface area contributed by atoms with E-state index in [1.54, 1.807) is 11.8 Å². The molecular formula is C24H36O4S. The highest BCUT2D eigenvalue weighted by molar-refractivity contribution is 8.00. The van der Waals surface area contributed by atoms with Crippen LogP contribution in [-0.4, -0.2) is 39.6 Å². The summed E-state index contributed by atoms with van der Waals surface area (Å²) in [6.07, 6.45) is 25.3. The third-order valence-corrected chi connectivity index (χ3v) is 4.96. The molecular weight excluding hydrogens is 384 g/mol. The first-order valence-electron chi connectivity index (χ1n) is 10.3. The fourth-order valence-corrected chi connectivity index (χ4v) is 3.28. The molecule has 0 fully saturated rings. The van der Waals surface area contributed by atoms with E-state index in [1.807, 2.05) is 36.5 Å². The number of carbonyl (C=O) groups excluding carboxylic acids is 1. The summed E-state index contributed by atoms with van der Waals surface area (Å²) >= 11 is 1.62. The molecule has 0 aliphatic heterocycles. The molecule has 0 heterocycles. The van der Waals surface area contributed by atoms with Crippen LogP contribution in [0.3, 0.4) is 0 Å². The second kappa shape index (κ2) is 20.9. The number of allylic oxidation sites excluding steroid dienone is 9. The number of rotatable bonds is 18. The Labute approximate surface area is 180 Å². The Balaban J connectivity index is 4.09. The van der Waals surface area contributed by atoms with Crippen LogP contribution in [0.4, 0.5) is 0 Å². The Kier molecular flexibility index (Phi) is 19.5. The van der Waals surface area contributed by atoms with Gasteiger partial charge in [-0.2, -0.15) is 11.8 Å². The molecule has 0 aromatic carbocycles. The molecule has 0 saturated carbocycles. The zero-order valence-electron chi connectivity index (χ0n) is 17.5. The Morgan fingerprint density at radius 3 is 2.17 bits per heavy atom. The number of ketones is 1. The number of hydrogen-bond acceptors (Lipinski definition) is 4. The minimum absolute atomic E-state index is 0.117.